The number of amides is 1. The Morgan fingerprint density at radius 3 is 3.09 bits per heavy atom. The summed E-state index contributed by atoms with van der Waals surface area (Å²) in [5.74, 6) is -0.277. The maximum atomic E-state index is 12.7. The average Bonchev–Trinajstić information content (AvgIpc) is 3.05. The Morgan fingerprint density at radius 2 is 2.36 bits per heavy atom. The normalized spacial score (nSPS) is 19.8. The maximum Gasteiger partial charge on any atom is 0.271 e. The van der Waals surface area contributed by atoms with Gasteiger partial charge in [-0.25, -0.2) is 4.98 Å². The monoisotopic (exact) mass is 321 g/mol. The number of hydrogen-bond acceptors (Lipinski definition) is 5. The number of likely N-dealkylation sites (tertiary alicyclic amines) is 1. The predicted molar refractivity (Wildman–Crippen MR) is 84.4 cm³/mol. The molecule has 2 atom stereocenters. The van der Waals surface area contributed by atoms with E-state index in [1.165, 1.54) is 21.9 Å². The molecule has 0 bridgehead atoms. The minimum atomic E-state index is -0.459. The van der Waals surface area contributed by atoms with Crippen LogP contribution in [-0.2, 0) is 0 Å². The minimum Gasteiger partial charge on any atom is -0.393 e. The van der Waals surface area contributed by atoms with Crippen molar-refractivity contribution in [3.05, 3.63) is 33.2 Å². The Hall–Kier alpha value is -1.73. The molecule has 7 heteroatoms. The molecular formula is C15H19N3O3S. The molecule has 1 aliphatic rings. The van der Waals surface area contributed by atoms with Crippen molar-refractivity contribution in [2.45, 2.75) is 45.3 Å². The molecule has 2 unspecified atom stereocenters. The Morgan fingerprint density at radius 1 is 1.59 bits per heavy atom. The molecule has 1 fully saturated rings. The van der Waals surface area contributed by atoms with Crippen LogP contribution < -0.4 is 5.56 Å². The van der Waals surface area contributed by atoms with Crippen molar-refractivity contribution in [2.24, 2.45) is 0 Å². The van der Waals surface area contributed by atoms with Crippen molar-refractivity contribution in [1.82, 2.24) is 14.3 Å². The van der Waals surface area contributed by atoms with E-state index in [0.29, 0.717) is 17.9 Å². The van der Waals surface area contributed by atoms with Crippen LogP contribution in [0.4, 0.5) is 0 Å². The predicted octanol–water partition coefficient (Wildman–Crippen LogP) is 1.44. The molecule has 0 saturated carbocycles. The summed E-state index contributed by atoms with van der Waals surface area (Å²) in [7, 11) is 0. The number of fused-ring (bicyclic) bond motifs is 1. The van der Waals surface area contributed by atoms with Crippen molar-refractivity contribution >= 4 is 22.2 Å². The van der Waals surface area contributed by atoms with Crippen LogP contribution in [0, 0.1) is 6.92 Å². The third-order valence-electron chi connectivity index (χ3n) is 4.10. The standard InChI is InChI=1S/C15H19N3O3S/c1-9-8-22-15-16-7-12(14(21)18(9)15)13(20)17-5-3-4-11(17)6-10(2)19/h7-8,10-11,19H,3-6H2,1-2H3. The van der Waals surface area contributed by atoms with Crippen LogP contribution in [-0.4, -0.2) is 44.0 Å². The summed E-state index contributed by atoms with van der Waals surface area (Å²) in [6.07, 6.45) is 3.23. The molecule has 3 heterocycles. The molecule has 2 aromatic rings. The second-order valence-electron chi connectivity index (χ2n) is 5.85. The fraction of sp³-hybridized carbons (Fsp3) is 0.533. The maximum absolute atomic E-state index is 12.7. The quantitative estimate of drug-likeness (QED) is 0.928. The van der Waals surface area contributed by atoms with Crippen LogP contribution in [0.2, 0.25) is 0 Å². The van der Waals surface area contributed by atoms with Gasteiger partial charge < -0.3 is 10.0 Å². The van der Waals surface area contributed by atoms with Gasteiger partial charge >= 0.3 is 0 Å². The lowest BCUT2D eigenvalue weighted by atomic mass is 10.1. The van der Waals surface area contributed by atoms with Gasteiger partial charge in [-0.3, -0.25) is 14.0 Å². The molecule has 0 aromatic carbocycles. The number of aryl methyl sites for hydroxylation is 1. The molecule has 3 rings (SSSR count). The summed E-state index contributed by atoms with van der Waals surface area (Å²) in [6.45, 7) is 4.17. The van der Waals surface area contributed by atoms with Gasteiger partial charge in [0.2, 0.25) is 0 Å². The molecule has 118 valence electrons. The molecule has 6 nitrogen and oxygen atoms in total. The largest absolute Gasteiger partial charge is 0.393 e. The Kier molecular flexibility index (Phi) is 4.01. The topological polar surface area (TPSA) is 74.9 Å². The highest BCUT2D eigenvalue weighted by Gasteiger charge is 2.31. The number of rotatable bonds is 3. The molecule has 1 aliphatic heterocycles. The lowest BCUT2D eigenvalue weighted by molar-refractivity contribution is 0.0679. The first-order valence-corrected chi connectivity index (χ1v) is 8.32. The second kappa shape index (κ2) is 5.81. The van der Waals surface area contributed by atoms with Gasteiger partial charge in [-0.1, -0.05) is 0 Å². The van der Waals surface area contributed by atoms with E-state index in [4.69, 9.17) is 0 Å². The Labute approximate surface area is 132 Å². The number of aromatic nitrogens is 2. The van der Waals surface area contributed by atoms with E-state index in [1.54, 1.807) is 11.8 Å². The van der Waals surface area contributed by atoms with Gasteiger partial charge in [0.25, 0.3) is 11.5 Å². The zero-order valence-electron chi connectivity index (χ0n) is 12.7. The first-order chi connectivity index (χ1) is 10.5. The van der Waals surface area contributed by atoms with Gasteiger partial charge in [-0.05, 0) is 33.1 Å². The summed E-state index contributed by atoms with van der Waals surface area (Å²) >= 11 is 1.38. The summed E-state index contributed by atoms with van der Waals surface area (Å²) < 4.78 is 1.48. The lowest BCUT2D eigenvalue weighted by Crippen LogP contribution is -2.40. The highest BCUT2D eigenvalue weighted by atomic mass is 32.1. The third-order valence-corrected chi connectivity index (χ3v) is 5.06. The molecule has 22 heavy (non-hydrogen) atoms. The molecular weight excluding hydrogens is 302 g/mol. The van der Waals surface area contributed by atoms with Crippen LogP contribution in [0.5, 0.6) is 0 Å². The first-order valence-electron chi connectivity index (χ1n) is 7.44. The van der Waals surface area contributed by atoms with Gasteiger partial charge in [0.15, 0.2) is 4.96 Å². The fourth-order valence-electron chi connectivity index (χ4n) is 3.07. The Bertz CT molecular complexity index is 765. The van der Waals surface area contributed by atoms with Crippen molar-refractivity contribution in [2.75, 3.05) is 6.54 Å². The third kappa shape index (κ3) is 2.55. The van der Waals surface area contributed by atoms with Gasteiger partial charge in [-0.15, -0.1) is 11.3 Å². The second-order valence-corrected chi connectivity index (χ2v) is 6.69. The van der Waals surface area contributed by atoms with Crippen LogP contribution >= 0.6 is 11.3 Å². The molecule has 0 aliphatic carbocycles. The van der Waals surface area contributed by atoms with E-state index in [0.717, 1.165) is 18.5 Å². The van der Waals surface area contributed by atoms with Crippen molar-refractivity contribution in [3.63, 3.8) is 0 Å². The van der Waals surface area contributed by atoms with E-state index in [-0.39, 0.29) is 23.1 Å². The molecule has 1 saturated heterocycles. The van der Waals surface area contributed by atoms with E-state index >= 15 is 0 Å². The SMILES string of the molecule is Cc1csc2ncc(C(=O)N3CCCC3CC(C)O)c(=O)n12. The zero-order chi connectivity index (χ0) is 15.9. The van der Waals surface area contributed by atoms with Gasteiger partial charge in [0, 0.05) is 29.9 Å². The molecule has 0 spiro atoms. The van der Waals surface area contributed by atoms with Gasteiger partial charge in [0.05, 0.1) is 6.10 Å². The van der Waals surface area contributed by atoms with E-state index < -0.39 is 6.10 Å². The van der Waals surface area contributed by atoms with Crippen LogP contribution in [0.3, 0.4) is 0 Å². The summed E-state index contributed by atoms with van der Waals surface area (Å²) in [4.78, 5) is 31.8. The molecule has 1 amide bonds. The number of carbonyl (C=O) groups is 1. The number of carbonyl (C=O) groups excluding carboxylic acids is 1. The summed E-state index contributed by atoms with van der Waals surface area (Å²) in [5, 5.41) is 11.4. The van der Waals surface area contributed by atoms with Crippen LogP contribution in [0.1, 0.15) is 42.2 Å². The smallest absolute Gasteiger partial charge is 0.271 e. The number of nitrogens with zero attached hydrogens (tertiary/aromatic N) is 3. The highest BCUT2D eigenvalue weighted by molar-refractivity contribution is 7.15. The highest BCUT2D eigenvalue weighted by Crippen LogP contribution is 2.23. The van der Waals surface area contributed by atoms with Crippen molar-refractivity contribution in [3.8, 4) is 0 Å². The van der Waals surface area contributed by atoms with E-state index in [9.17, 15) is 14.7 Å². The minimum absolute atomic E-state index is 0.00355. The average molecular weight is 321 g/mol. The summed E-state index contributed by atoms with van der Waals surface area (Å²) in [5.41, 5.74) is 0.585. The number of aliphatic hydroxyl groups excluding tert-OH is 1. The van der Waals surface area contributed by atoms with Gasteiger partial charge in [-0.2, -0.15) is 0 Å². The van der Waals surface area contributed by atoms with Crippen LogP contribution in [0.25, 0.3) is 4.96 Å². The zero-order valence-corrected chi connectivity index (χ0v) is 13.5. The van der Waals surface area contributed by atoms with E-state index in [2.05, 4.69) is 4.98 Å². The number of hydrogen-bond donors (Lipinski definition) is 1. The van der Waals surface area contributed by atoms with Gasteiger partial charge in [0.1, 0.15) is 5.56 Å². The number of aliphatic hydroxyl groups is 1. The molecule has 2 aromatic heterocycles. The lowest BCUT2D eigenvalue weighted by Gasteiger charge is -2.25. The van der Waals surface area contributed by atoms with Crippen LogP contribution in [0.15, 0.2) is 16.4 Å². The summed E-state index contributed by atoms with van der Waals surface area (Å²) in [6, 6.07) is -0.00355. The Balaban J connectivity index is 1.97. The van der Waals surface area contributed by atoms with E-state index in [1.807, 2.05) is 12.3 Å². The fourth-order valence-corrected chi connectivity index (χ4v) is 3.90. The first kappa shape index (κ1) is 15.2. The molecule has 1 N–H and O–H groups in total. The number of thiazole rings is 1. The van der Waals surface area contributed by atoms with Crippen molar-refractivity contribution < 1.29 is 9.90 Å². The molecule has 0 radical (unpaired) electrons. The van der Waals surface area contributed by atoms with Crippen molar-refractivity contribution in [1.29, 1.82) is 0 Å².